The summed E-state index contributed by atoms with van der Waals surface area (Å²) in [4.78, 5) is 36.1. The van der Waals surface area contributed by atoms with Crippen molar-refractivity contribution in [2.45, 2.75) is 17.6 Å². The number of rotatable bonds is 9. The fraction of sp³-hybridized carbons (Fsp3) is 0.100. The lowest BCUT2D eigenvalue weighted by atomic mass is 10.1. The summed E-state index contributed by atoms with van der Waals surface area (Å²) in [6, 6.07) is 17.0. The van der Waals surface area contributed by atoms with Crippen molar-refractivity contribution < 1.29 is 31.4 Å². The van der Waals surface area contributed by atoms with E-state index in [0.717, 1.165) is 0 Å². The Morgan fingerprint density at radius 2 is 0.795 bits per heavy atom. The summed E-state index contributed by atoms with van der Waals surface area (Å²) in [6.45, 7) is 0. The van der Waals surface area contributed by atoms with Crippen LogP contribution in [0.5, 0.6) is 17.2 Å². The number of phosphoric ester groups is 1. The summed E-state index contributed by atoms with van der Waals surface area (Å²) in [7, 11) is -4.65. The molecule has 6 aromatic rings. The Balaban J connectivity index is 1.43. The van der Waals surface area contributed by atoms with Gasteiger partial charge in [-0.15, -0.1) is 34.8 Å². The minimum absolute atomic E-state index is 0.0378. The molecule has 3 aromatic heterocycles. The Bertz CT molecular complexity index is 2040. The van der Waals surface area contributed by atoms with E-state index >= 15 is 0 Å². The van der Waals surface area contributed by atoms with E-state index in [1.165, 1.54) is 54.6 Å². The highest BCUT2D eigenvalue weighted by molar-refractivity contribution is 7.49. The Morgan fingerprint density at radius 1 is 0.500 bits per heavy atom. The predicted molar refractivity (Wildman–Crippen MR) is 166 cm³/mol. The number of hydrogen-bond donors (Lipinski definition) is 0. The van der Waals surface area contributed by atoms with Gasteiger partial charge in [0.1, 0.15) is 34.0 Å². The highest BCUT2D eigenvalue weighted by atomic mass is 35.5. The van der Waals surface area contributed by atoms with Crippen molar-refractivity contribution in [2.24, 2.45) is 0 Å². The fourth-order valence-electron chi connectivity index (χ4n) is 4.58. The molecule has 0 aliphatic rings. The Labute approximate surface area is 261 Å². The first kappa shape index (κ1) is 29.8. The van der Waals surface area contributed by atoms with Gasteiger partial charge in [0.2, 0.25) is 0 Å². The number of hydrogen-bond acceptors (Lipinski definition) is 10. The number of alkyl halides is 3. The smallest absolute Gasteiger partial charge is 0.423 e. The van der Waals surface area contributed by atoms with Crippen LogP contribution in [-0.2, 0) is 22.2 Å². The van der Waals surface area contributed by atoms with Crippen LogP contribution < -0.4 is 30.4 Å². The van der Waals surface area contributed by atoms with Crippen molar-refractivity contribution >= 4 is 75.5 Å². The molecule has 10 nitrogen and oxygen atoms in total. The zero-order valence-electron chi connectivity index (χ0n) is 22.2. The quantitative estimate of drug-likeness (QED) is 0.0846. The fourth-order valence-corrected chi connectivity index (χ4v) is 6.47. The van der Waals surface area contributed by atoms with Crippen LogP contribution in [-0.4, -0.2) is 0 Å². The van der Waals surface area contributed by atoms with Gasteiger partial charge >= 0.3 is 24.7 Å². The summed E-state index contributed by atoms with van der Waals surface area (Å²) in [5, 5.41) is 1.63. The van der Waals surface area contributed by atoms with Crippen LogP contribution in [0.25, 0.3) is 32.9 Å². The molecule has 0 amide bonds. The van der Waals surface area contributed by atoms with Gasteiger partial charge in [0, 0.05) is 70.2 Å². The molecule has 0 saturated heterocycles. The van der Waals surface area contributed by atoms with Gasteiger partial charge in [-0.05, 0) is 53.1 Å². The van der Waals surface area contributed by atoms with Crippen LogP contribution in [0, 0.1) is 0 Å². The maximum Gasteiger partial charge on any atom is 0.647 e. The number of benzene rings is 3. The Kier molecular flexibility index (Phi) is 8.18. The number of fused-ring (bicyclic) bond motifs is 3. The minimum atomic E-state index is -4.65. The molecule has 0 fully saturated rings. The van der Waals surface area contributed by atoms with E-state index in [9.17, 15) is 18.9 Å². The van der Waals surface area contributed by atoms with Gasteiger partial charge in [-0.25, -0.2) is 14.4 Å². The Hall–Kier alpha value is -4.21. The second kappa shape index (κ2) is 12.1. The molecule has 224 valence electrons. The topological polar surface area (TPSA) is 135 Å². The lowest BCUT2D eigenvalue weighted by molar-refractivity contribution is 0.298. The first-order valence-corrected chi connectivity index (χ1v) is 15.8. The van der Waals surface area contributed by atoms with E-state index in [4.69, 9.17) is 61.6 Å². The molecule has 0 radical (unpaired) electrons. The van der Waals surface area contributed by atoms with E-state index in [2.05, 4.69) is 0 Å². The van der Waals surface area contributed by atoms with E-state index in [-0.39, 0.29) is 51.6 Å². The van der Waals surface area contributed by atoms with Crippen molar-refractivity contribution in [2.75, 3.05) is 0 Å². The molecule has 0 atom stereocenters. The lowest BCUT2D eigenvalue weighted by Crippen LogP contribution is -2.08. The molecule has 14 heteroatoms. The second-order valence-corrected chi connectivity index (χ2v) is 11.6. The van der Waals surface area contributed by atoms with Gasteiger partial charge in [-0.3, -0.25) is 0 Å². The number of halogens is 3. The van der Waals surface area contributed by atoms with Gasteiger partial charge in [0.15, 0.2) is 0 Å². The van der Waals surface area contributed by atoms with Gasteiger partial charge in [-0.1, -0.05) is 0 Å². The lowest BCUT2D eigenvalue weighted by Gasteiger charge is -2.20. The molecule has 0 aliphatic heterocycles. The van der Waals surface area contributed by atoms with Crippen molar-refractivity contribution in [1.82, 2.24) is 0 Å². The zero-order valence-corrected chi connectivity index (χ0v) is 25.4. The minimum Gasteiger partial charge on any atom is -0.423 e. The van der Waals surface area contributed by atoms with Crippen LogP contribution >= 0.6 is 42.6 Å². The van der Waals surface area contributed by atoms with Gasteiger partial charge in [0.05, 0.1) is 0 Å². The van der Waals surface area contributed by atoms with Crippen molar-refractivity contribution in [1.29, 1.82) is 0 Å². The average Bonchev–Trinajstić information content (AvgIpc) is 2.98. The third-order valence-electron chi connectivity index (χ3n) is 6.49. The summed E-state index contributed by atoms with van der Waals surface area (Å²) in [5.74, 6) is 0.0535. The molecule has 3 heterocycles. The molecule has 0 bridgehead atoms. The third kappa shape index (κ3) is 6.07. The largest absolute Gasteiger partial charge is 0.647 e. The van der Waals surface area contributed by atoms with Gasteiger partial charge in [0.25, 0.3) is 0 Å². The zero-order chi connectivity index (χ0) is 31.0. The molecule has 0 N–H and O–H groups in total. The van der Waals surface area contributed by atoms with Crippen molar-refractivity contribution in [3.63, 3.8) is 0 Å². The highest BCUT2D eigenvalue weighted by Gasteiger charge is 2.34. The molecule has 44 heavy (non-hydrogen) atoms. The molecule has 0 saturated carbocycles. The standard InChI is InChI=1S/C30H18Cl3O10P/c31-13-16-7-28(34)38-25-10-19(1-4-22(16)25)41-44(37,42-20-2-5-23-17(14-32)8-29(35)39-26(23)11-20)43-21-3-6-24-18(15-33)9-30(36)40-27(24)12-21/h1-12H,13-15H2. The molecule has 6 rings (SSSR count). The van der Waals surface area contributed by atoms with Crippen LogP contribution in [0.1, 0.15) is 16.7 Å². The maximum absolute atomic E-state index is 14.3. The third-order valence-corrected chi connectivity index (χ3v) is 8.66. The molecule has 0 aliphatic carbocycles. The summed E-state index contributed by atoms with van der Waals surface area (Å²) < 4.78 is 47.5. The monoisotopic (exact) mass is 674 g/mol. The van der Waals surface area contributed by atoms with E-state index in [1.54, 1.807) is 18.2 Å². The average molecular weight is 676 g/mol. The molecular formula is C30H18Cl3O10P. The Morgan fingerprint density at radius 3 is 1.07 bits per heavy atom. The van der Waals surface area contributed by atoms with Crippen LogP contribution in [0.4, 0.5) is 0 Å². The first-order valence-electron chi connectivity index (χ1n) is 12.7. The van der Waals surface area contributed by atoms with Gasteiger partial charge in [-0.2, -0.15) is 4.57 Å². The van der Waals surface area contributed by atoms with E-state index in [0.29, 0.717) is 32.8 Å². The second-order valence-electron chi connectivity index (χ2n) is 9.37. The van der Waals surface area contributed by atoms with Crippen molar-refractivity contribution in [3.05, 3.63) is 121 Å². The van der Waals surface area contributed by atoms with E-state index < -0.39 is 24.7 Å². The molecule has 0 unspecified atom stereocenters. The summed E-state index contributed by atoms with van der Waals surface area (Å²) in [5.41, 5.74) is 0.0594. The molecule has 0 spiro atoms. The first-order chi connectivity index (χ1) is 21.2. The van der Waals surface area contributed by atoms with Crippen molar-refractivity contribution in [3.8, 4) is 17.2 Å². The maximum atomic E-state index is 14.3. The normalized spacial score (nSPS) is 11.7. The van der Waals surface area contributed by atoms with Crippen LogP contribution in [0.2, 0.25) is 0 Å². The van der Waals surface area contributed by atoms with Crippen LogP contribution in [0.15, 0.2) is 100 Å². The van der Waals surface area contributed by atoms with Crippen LogP contribution in [0.3, 0.4) is 0 Å². The highest BCUT2D eigenvalue weighted by Crippen LogP contribution is 2.51. The SMILES string of the molecule is O=c1cc(CCl)c2ccc(OP(=O)(Oc3ccc4c(CCl)cc(=O)oc4c3)Oc3ccc4c(CCl)cc(=O)oc4c3)cc2o1. The van der Waals surface area contributed by atoms with Gasteiger partial charge < -0.3 is 26.8 Å². The van der Waals surface area contributed by atoms with E-state index in [1.807, 2.05) is 0 Å². The summed E-state index contributed by atoms with van der Waals surface area (Å²) in [6.07, 6.45) is 0. The molecule has 3 aromatic carbocycles. The number of phosphoric acid groups is 1. The summed E-state index contributed by atoms with van der Waals surface area (Å²) >= 11 is 17.9. The molecular weight excluding hydrogens is 658 g/mol. The predicted octanol–water partition coefficient (Wildman–Crippen LogP) is 7.87.